The van der Waals surface area contributed by atoms with Gasteiger partial charge in [-0.3, -0.25) is 9.78 Å². The molecule has 6 heteroatoms. The van der Waals surface area contributed by atoms with Crippen LogP contribution in [0, 0.1) is 10.7 Å². The molecule has 0 saturated carbocycles. The quantitative estimate of drug-likeness (QED) is 0.768. The van der Waals surface area contributed by atoms with Crippen molar-refractivity contribution in [2.75, 3.05) is 7.11 Å². The van der Waals surface area contributed by atoms with Gasteiger partial charge in [-0.2, -0.15) is 0 Å². The molecule has 2 aromatic rings. The lowest BCUT2D eigenvalue weighted by atomic mass is 10.0. The summed E-state index contributed by atoms with van der Waals surface area (Å²) in [6.45, 7) is 5.06. The van der Waals surface area contributed by atoms with Crippen LogP contribution in [-0.2, 0) is 6.54 Å². The van der Waals surface area contributed by atoms with Gasteiger partial charge < -0.3 is 9.30 Å². The SMILES string of the molecule is CCC(CC)Cn1c(-c2cc(Cl)ccc2OC)cc(=O)[nH]c1=S. The van der Waals surface area contributed by atoms with Gasteiger partial charge in [-0.15, -0.1) is 0 Å². The first-order chi connectivity index (χ1) is 11.0. The molecule has 0 fully saturated rings. The predicted molar refractivity (Wildman–Crippen MR) is 97.0 cm³/mol. The molecule has 1 aromatic carbocycles. The third kappa shape index (κ3) is 4.03. The number of methoxy groups -OCH3 is 1. The molecule has 1 N–H and O–H groups in total. The second-order valence-electron chi connectivity index (χ2n) is 5.46. The Balaban J connectivity index is 2.69. The predicted octanol–water partition coefficient (Wildman–Crippen LogP) is 4.67. The first-order valence-electron chi connectivity index (χ1n) is 7.68. The van der Waals surface area contributed by atoms with Crippen LogP contribution >= 0.6 is 23.8 Å². The number of hydrogen-bond donors (Lipinski definition) is 1. The first kappa shape index (κ1) is 17.8. The minimum Gasteiger partial charge on any atom is -0.496 e. The molecule has 4 nitrogen and oxygen atoms in total. The van der Waals surface area contributed by atoms with E-state index in [1.54, 1.807) is 31.4 Å². The Bertz CT molecular complexity index is 794. The van der Waals surface area contributed by atoms with E-state index in [4.69, 9.17) is 28.6 Å². The van der Waals surface area contributed by atoms with Gasteiger partial charge in [0.2, 0.25) is 0 Å². The molecule has 124 valence electrons. The highest BCUT2D eigenvalue weighted by Gasteiger charge is 2.15. The maximum absolute atomic E-state index is 11.9. The van der Waals surface area contributed by atoms with Gasteiger partial charge >= 0.3 is 0 Å². The molecule has 0 aliphatic rings. The Hall–Kier alpha value is -1.59. The number of halogens is 1. The summed E-state index contributed by atoms with van der Waals surface area (Å²) in [4.78, 5) is 14.6. The minimum absolute atomic E-state index is 0.229. The number of H-pyrrole nitrogens is 1. The molecule has 0 amide bonds. The standard InChI is InChI=1S/C17H21ClN2O2S/c1-4-11(5-2)10-20-14(9-16(21)19-17(20)23)13-8-12(18)6-7-15(13)22-3/h6-9,11H,4-5,10H2,1-3H3,(H,19,21,23). The molecule has 0 spiro atoms. The summed E-state index contributed by atoms with van der Waals surface area (Å²) >= 11 is 11.5. The van der Waals surface area contributed by atoms with Crippen LogP contribution in [0.25, 0.3) is 11.3 Å². The Morgan fingerprint density at radius 2 is 2.00 bits per heavy atom. The third-order valence-electron chi connectivity index (χ3n) is 4.07. The molecule has 1 heterocycles. The van der Waals surface area contributed by atoms with Crippen LogP contribution in [0.1, 0.15) is 26.7 Å². The fraction of sp³-hybridized carbons (Fsp3) is 0.412. The smallest absolute Gasteiger partial charge is 0.252 e. The highest BCUT2D eigenvalue weighted by molar-refractivity contribution is 7.71. The number of aromatic amines is 1. The van der Waals surface area contributed by atoms with Crippen LogP contribution in [0.5, 0.6) is 5.75 Å². The van der Waals surface area contributed by atoms with E-state index in [1.807, 2.05) is 4.57 Å². The van der Waals surface area contributed by atoms with Crippen LogP contribution in [-0.4, -0.2) is 16.7 Å². The Morgan fingerprint density at radius 3 is 2.61 bits per heavy atom. The fourth-order valence-electron chi connectivity index (χ4n) is 2.61. The number of nitrogens with zero attached hydrogens (tertiary/aromatic N) is 1. The number of aromatic nitrogens is 2. The van der Waals surface area contributed by atoms with Crippen molar-refractivity contribution < 1.29 is 4.74 Å². The lowest BCUT2D eigenvalue weighted by molar-refractivity contribution is 0.408. The number of benzene rings is 1. The van der Waals surface area contributed by atoms with Crippen molar-refractivity contribution in [2.45, 2.75) is 33.2 Å². The molecule has 0 bridgehead atoms. The van der Waals surface area contributed by atoms with Crippen molar-refractivity contribution >= 4 is 23.8 Å². The maximum atomic E-state index is 11.9. The van der Waals surface area contributed by atoms with Crippen molar-refractivity contribution in [2.24, 2.45) is 5.92 Å². The van der Waals surface area contributed by atoms with Crippen LogP contribution in [0.2, 0.25) is 5.02 Å². The summed E-state index contributed by atoms with van der Waals surface area (Å²) in [7, 11) is 1.60. The number of rotatable bonds is 6. The third-order valence-corrected chi connectivity index (χ3v) is 4.62. The van der Waals surface area contributed by atoms with E-state index in [-0.39, 0.29) is 5.56 Å². The summed E-state index contributed by atoms with van der Waals surface area (Å²) in [5, 5.41) is 0.584. The van der Waals surface area contributed by atoms with E-state index >= 15 is 0 Å². The minimum atomic E-state index is -0.229. The van der Waals surface area contributed by atoms with Crippen molar-refractivity contribution in [1.29, 1.82) is 0 Å². The van der Waals surface area contributed by atoms with Crippen molar-refractivity contribution in [3.63, 3.8) is 0 Å². The summed E-state index contributed by atoms with van der Waals surface area (Å²) in [6, 6.07) is 6.90. The average Bonchev–Trinajstić information content (AvgIpc) is 2.53. The van der Waals surface area contributed by atoms with E-state index in [1.165, 1.54) is 0 Å². The molecule has 23 heavy (non-hydrogen) atoms. The van der Waals surface area contributed by atoms with Crippen molar-refractivity contribution in [3.05, 3.63) is 44.4 Å². The number of ether oxygens (including phenoxy) is 1. The van der Waals surface area contributed by atoms with Crippen LogP contribution in [0.4, 0.5) is 0 Å². The van der Waals surface area contributed by atoms with E-state index in [2.05, 4.69) is 18.8 Å². The molecule has 0 saturated heterocycles. The van der Waals surface area contributed by atoms with E-state index in [0.29, 0.717) is 21.5 Å². The highest BCUT2D eigenvalue weighted by Crippen LogP contribution is 2.32. The zero-order valence-corrected chi connectivity index (χ0v) is 15.1. The normalized spacial score (nSPS) is 11.0. The Morgan fingerprint density at radius 1 is 1.30 bits per heavy atom. The molecule has 0 radical (unpaired) electrons. The van der Waals surface area contributed by atoms with Gasteiger partial charge in [0.25, 0.3) is 5.56 Å². The summed E-state index contributed by atoms with van der Waals surface area (Å²) in [6.07, 6.45) is 2.09. The molecular formula is C17H21ClN2O2S. The Labute approximate surface area is 146 Å². The second kappa shape index (κ2) is 7.79. The van der Waals surface area contributed by atoms with E-state index < -0.39 is 0 Å². The molecule has 0 atom stereocenters. The van der Waals surface area contributed by atoms with Gasteiger partial charge in [0.05, 0.1) is 12.8 Å². The first-order valence-corrected chi connectivity index (χ1v) is 8.46. The largest absolute Gasteiger partial charge is 0.496 e. The number of nitrogens with one attached hydrogen (secondary N) is 1. The van der Waals surface area contributed by atoms with Gasteiger partial charge in [-0.05, 0) is 36.3 Å². The van der Waals surface area contributed by atoms with Crippen LogP contribution in [0.3, 0.4) is 0 Å². The van der Waals surface area contributed by atoms with Crippen molar-refractivity contribution in [1.82, 2.24) is 9.55 Å². The van der Waals surface area contributed by atoms with Crippen molar-refractivity contribution in [3.8, 4) is 17.0 Å². The van der Waals surface area contributed by atoms with Gasteiger partial charge in [-0.1, -0.05) is 38.3 Å². The van der Waals surface area contributed by atoms with Gasteiger partial charge in [-0.25, -0.2) is 0 Å². The monoisotopic (exact) mass is 352 g/mol. The molecule has 0 unspecified atom stereocenters. The lowest BCUT2D eigenvalue weighted by Crippen LogP contribution is -2.18. The topological polar surface area (TPSA) is 47.0 Å². The zero-order chi connectivity index (χ0) is 17.0. The average molecular weight is 353 g/mol. The van der Waals surface area contributed by atoms with Gasteiger partial charge in [0.1, 0.15) is 5.75 Å². The van der Waals surface area contributed by atoms with Crippen LogP contribution in [0.15, 0.2) is 29.1 Å². The summed E-state index contributed by atoms with van der Waals surface area (Å²) < 4.78 is 7.81. The fourth-order valence-corrected chi connectivity index (χ4v) is 3.06. The van der Waals surface area contributed by atoms with Crippen LogP contribution < -0.4 is 10.3 Å². The Kier molecular flexibility index (Phi) is 6.02. The summed E-state index contributed by atoms with van der Waals surface area (Å²) in [5.74, 6) is 1.14. The van der Waals surface area contributed by atoms with Gasteiger partial charge in [0.15, 0.2) is 4.77 Å². The maximum Gasteiger partial charge on any atom is 0.252 e. The lowest BCUT2D eigenvalue weighted by Gasteiger charge is -2.20. The van der Waals surface area contributed by atoms with E-state index in [0.717, 1.165) is 30.6 Å². The molecule has 0 aliphatic heterocycles. The zero-order valence-electron chi connectivity index (χ0n) is 13.6. The second-order valence-corrected chi connectivity index (χ2v) is 6.28. The molecular weight excluding hydrogens is 332 g/mol. The molecule has 2 rings (SSSR count). The molecule has 0 aliphatic carbocycles. The summed E-state index contributed by atoms with van der Waals surface area (Å²) in [5.41, 5.74) is 1.26. The van der Waals surface area contributed by atoms with Gasteiger partial charge in [0, 0.05) is 23.2 Å². The van der Waals surface area contributed by atoms with E-state index in [9.17, 15) is 4.79 Å². The highest BCUT2D eigenvalue weighted by atomic mass is 35.5. The number of hydrogen-bond acceptors (Lipinski definition) is 3. The molecule has 1 aromatic heterocycles.